The normalized spacial score (nSPS) is 9.93. The van der Waals surface area contributed by atoms with Gasteiger partial charge in [-0.2, -0.15) is 0 Å². The molecule has 0 heterocycles. The molecule has 0 unspecified atom stereocenters. The fourth-order valence-corrected chi connectivity index (χ4v) is 1.29. The standard InChI is InChI=1S/C10H11NO4/c11-5-7-2-1-6(10(14)15)3-8(7)4-9(12)13/h1-3H,4-5,11H2,(H,12,13)(H,14,15). The molecule has 0 aliphatic carbocycles. The highest BCUT2D eigenvalue weighted by molar-refractivity contribution is 5.88. The van der Waals surface area contributed by atoms with E-state index in [1.807, 2.05) is 0 Å². The summed E-state index contributed by atoms with van der Waals surface area (Å²) >= 11 is 0. The van der Waals surface area contributed by atoms with Gasteiger partial charge in [0.05, 0.1) is 12.0 Å². The molecule has 0 bridgehead atoms. The number of carboxylic acids is 2. The molecule has 0 spiro atoms. The number of hydrogen-bond donors (Lipinski definition) is 3. The van der Waals surface area contributed by atoms with Crippen LogP contribution in [0, 0.1) is 0 Å². The van der Waals surface area contributed by atoms with Gasteiger partial charge in [0.15, 0.2) is 0 Å². The summed E-state index contributed by atoms with van der Waals surface area (Å²) in [5.41, 5.74) is 6.59. The molecule has 1 aromatic rings. The number of rotatable bonds is 4. The summed E-state index contributed by atoms with van der Waals surface area (Å²) in [6.07, 6.45) is -0.215. The van der Waals surface area contributed by atoms with Crippen LogP contribution in [0.25, 0.3) is 0 Å². The molecule has 80 valence electrons. The van der Waals surface area contributed by atoms with Crippen LogP contribution in [0.4, 0.5) is 0 Å². The topological polar surface area (TPSA) is 101 Å². The van der Waals surface area contributed by atoms with E-state index in [2.05, 4.69) is 0 Å². The van der Waals surface area contributed by atoms with E-state index in [0.717, 1.165) is 0 Å². The number of aromatic carboxylic acids is 1. The van der Waals surface area contributed by atoms with Crippen LogP contribution in [0.1, 0.15) is 21.5 Å². The molecule has 0 fully saturated rings. The lowest BCUT2D eigenvalue weighted by atomic mass is 10.0. The fraction of sp³-hybridized carbons (Fsp3) is 0.200. The number of aliphatic carboxylic acids is 1. The van der Waals surface area contributed by atoms with E-state index < -0.39 is 11.9 Å². The molecule has 5 nitrogen and oxygen atoms in total. The van der Waals surface area contributed by atoms with Crippen molar-refractivity contribution in [1.82, 2.24) is 0 Å². The predicted octanol–water partition coefficient (Wildman–Crippen LogP) is 0.471. The molecule has 0 aliphatic rings. The number of benzene rings is 1. The molecule has 0 aromatic heterocycles. The zero-order valence-electron chi connectivity index (χ0n) is 7.93. The molecule has 1 rings (SSSR count). The fourth-order valence-electron chi connectivity index (χ4n) is 1.29. The van der Waals surface area contributed by atoms with Gasteiger partial charge < -0.3 is 15.9 Å². The van der Waals surface area contributed by atoms with E-state index in [9.17, 15) is 9.59 Å². The molecule has 1 aromatic carbocycles. The molecule has 0 atom stereocenters. The molecule has 5 heteroatoms. The Bertz CT molecular complexity index is 400. The van der Waals surface area contributed by atoms with Crippen molar-refractivity contribution in [1.29, 1.82) is 0 Å². The Hall–Kier alpha value is -1.88. The SMILES string of the molecule is NCc1ccc(C(=O)O)cc1CC(=O)O. The largest absolute Gasteiger partial charge is 0.481 e. The van der Waals surface area contributed by atoms with Crippen LogP contribution in [0.15, 0.2) is 18.2 Å². The van der Waals surface area contributed by atoms with E-state index in [0.29, 0.717) is 11.1 Å². The van der Waals surface area contributed by atoms with Gasteiger partial charge in [-0.25, -0.2) is 4.79 Å². The van der Waals surface area contributed by atoms with Crippen LogP contribution in [0.2, 0.25) is 0 Å². The van der Waals surface area contributed by atoms with Crippen LogP contribution >= 0.6 is 0 Å². The summed E-state index contributed by atoms with van der Waals surface area (Å²) in [6, 6.07) is 4.30. The van der Waals surface area contributed by atoms with E-state index in [4.69, 9.17) is 15.9 Å². The number of carbonyl (C=O) groups is 2. The second-order valence-electron chi connectivity index (χ2n) is 3.06. The van der Waals surface area contributed by atoms with Crippen LogP contribution in [-0.4, -0.2) is 22.2 Å². The van der Waals surface area contributed by atoms with Crippen molar-refractivity contribution in [2.24, 2.45) is 5.73 Å². The Labute approximate surface area is 86.1 Å². The summed E-state index contributed by atoms with van der Waals surface area (Å²) in [5, 5.41) is 17.4. The van der Waals surface area contributed by atoms with Gasteiger partial charge in [-0.05, 0) is 23.3 Å². The van der Waals surface area contributed by atoms with Gasteiger partial charge in [-0.15, -0.1) is 0 Å². The van der Waals surface area contributed by atoms with Crippen LogP contribution in [-0.2, 0) is 17.8 Å². The third kappa shape index (κ3) is 2.78. The summed E-state index contributed by atoms with van der Waals surface area (Å²) in [7, 11) is 0. The average Bonchev–Trinajstić information content (AvgIpc) is 2.16. The first-order valence-electron chi connectivity index (χ1n) is 4.31. The smallest absolute Gasteiger partial charge is 0.335 e. The van der Waals surface area contributed by atoms with Gasteiger partial charge in [0.2, 0.25) is 0 Å². The lowest BCUT2D eigenvalue weighted by Crippen LogP contribution is -2.09. The highest BCUT2D eigenvalue weighted by atomic mass is 16.4. The highest BCUT2D eigenvalue weighted by Gasteiger charge is 2.10. The Morgan fingerprint density at radius 2 is 1.87 bits per heavy atom. The third-order valence-corrected chi connectivity index (χ3v) is 2.01. The number of hydrogen-bond acceptors (Lipinski definition) is 3. The maximum absolute atomic E-state index is 10.7. The Morgan fingerprint density at radius 3 is 2.33 bits per heavy atom. The second-order valence-corrected chi connectivity index (χ2v) is 3.06. The summed E-state index contributed by atoms with van der Waals surface area (Å²) in [5.74, 6) is -2.09. The van der Waals surface area contributed by atoms with Gasteiger partial charge in [-0.3, -0.25) is 4.79 Å². The minimum atomic E-state index is -1.08. The van der Waals surface area contributed by atoms with Gasteiger partial charge >= 0.3 is 11.9 Å². The highest BCUT2D eigenvalue weighted by Crippen LogP contribution is 2.12. The Kier molecular flexibility index (Phi) is 3.41. The average molecular weight is 209 g/mol. The quantitative estimate of drug-likeness (QED) is 0.669. The zero-order chi connectivity index (χ0) is 11.4. The van der Waals surface area contributed by atoms with E-state index in [-0.39, 0.29) is 18.5 Å². The maximum Gasteiger partial charge on any atom is 0.335 e. The van der Waals surface area contributed by atoms with Crippen molar-refractivity contribution < 1.29 is 19.8 Å². The van der Waals surface area contributed by atoms with Crippen LogP contribution in [0.3, 0.4) is 0 Å². The minimum absolute atomic E-state index is 0.0726. The van der Waals surface area contributed by atoms with Gasteiger partial charge in [0.1, 0.15) is 0 Å². The third-order valence-electron chi connectivity index (χ3n) is 2.01. The van der Waals surface area contributed by atoms with Crippen molar-refractivity contribution in [3.63, 3.8) is 0 Å². The molecule has 4 N–H and O–H groups in total. The van der Waals surface area contributed by atoms with Gasteiger partial charge in [0, 0.05) is 6.54 Å². The molecule has 0 radical (unpaired) electrons. The summed E-state index contributed by atoms with van der Waals surface area (Å²) in [4.78, 5) is 21.2. The molecule has 0 aliphatic heterocycles. The monoisotopic (exact) mass is 209 g/mol. The van der Waals surface area contributed by atoms with Gasteiger partial charge in [0.25, 0.3) is 0 Å². The zero-order valence-corrected chi connectivity index (χ0v) is 7.93. The summed E-state index contributed by atoms with van der Waals surface area (Å²) < 4.78 is 0. The molecule has 0 amide bonds. The van der Waals surface area contributed by atoms with Crippen molar-refractivity contribution in [3.05, 3.63) is 34.9 Å². The molecule has 0 saturated carbocycles. The van der Waals surface area contributed by atoms with E-state index >= 15 is 0 Å². The van der Waals surface area contributed by atoms with Crippen LogP contribution in [0.5, 0.6) is 0 Å². The Balaban J connectivity index is 3.12. The van der Waals surface area contributed by atoms with Gasteiger partial charge in [-0.1, -0.05) is 6.07 Å². The minimum Gasteiger partial charge on any atom is -0.481 e. The summed E-state index contributed by atoms with van der Waals surface area (Å²) in [6.45, 7) is 0.197. The van der Waals surface area contributed by atoms with E-state index in [1.165, 1.54) is 12.1 Å². The predicted molar refractivity (Wildman–Crippen MR) is 52.6 cm³/mol. The lowest BCUT2D eigenvalue weighted by molar-refractivity contribution is -0.136. The molecule has 15 heavy (non-hydrogen) atoms. The van der Waals surface area contributed by atoms with Crippen molar-refractivity contribution in [2.45, 2.75) is 13.0 Å². The van der Waals surface area contributed by atoms with Crippen molar-refractivity contribution >= 4 is 11.9 Å². The van der Waals surface area contributed by atoms with Crippen molar-refractivity contribution in [3.8, 4) is 0 Å². The molecular formula is C10H11NO4. The van der Waals surface area contributed by atoms with Crippen LogP contribution < -0.4 is 5.73 Å². The first kappa shape index (κ1) is 11.2. The first-order valence-corrected chi connectivity index (χ1v) is 4.31. The Morgan fingerprint density at radius 1 is 1.20 bits per heavy atom. The molecule has 0 saturated heterocycles. The number of carboxylic acid groups (broad SMARTS) is 2. The van der Waals surface area contributed by atoms with E-state index in [1.54, 1.807) is 6.07 Å². The molecular weight excluding hydrogens is 198 g/mol. The van der Waals surface area contributed by atoms with Crippen molar-refractivity contribution in [2.75, 3.05) is 0 Å². The second kappa shape index (κ2) is 4.56. The lowest BCUT2D eigenvalue weighted by Gasteiger charge is -2.06. The maximum atomic E-state index is 10.7. The number of nitrogens with two attached hydrogens (primary N) is 1. The first-order chi connectivity index (χ1) is 7.04.